The number of nitrogens with one attached hydrogen (secondary N) is 2. The first kappa shape index (κ1) is 15.0. The average Bonchev–Trinajstić information content (AvgIpc) is 2.24. The van der Waals surface area contributed by atoms with Crippen LogP contribution >= 0.6 is 11.8 Å². The standard InChI is InChI=1S/C9H18N2O4S/c1-15-5-4-10-9(14)11-7(8(12)13)3-6-16-2/h7H,3-6H2,1-2H3,(H,12,13)(H2,10,11,14)/t7-/m1/s1. The molecule has 0 aromatic carbocycles. The second-order valence-electron chi connectivity index (χ2n) is 3.07. The number of carbonyl (C=O) groups excluding carboxylic acids is 1. The number of hydrogen-bond acceptors (Lipinski definition) is 4. The van der Waals surface area contributed by atoms with Gasteiger partial charge in [0.2, 0.25) is 0 Å². The van der Waals surface area contributed by atoms with E-state index in [0.717, 1.165) is 0 Å². The number of carboxylic acids is 1. The number of carboxylic acid groups (broad SMARTS) is 1. The number of hydrogen-bond donors (Lipinski definition) is 3. The van der Waals surface area contributed by atoms with Crippen molar-refractivity contribution in [1.29, 1.82) is 0 Å². The van der Waals surface area contributed by atoms with Gasteiger partial charge in [-0.1, -0.05) is 0 Å². The Labute approximate surface area is 99.1 Å². The van der Waals surface area contributed by atoms with Gasteiger partial charge in [0.05, 0.1) is 6.61 Å². The van der Waals surface area contributed by atoms with E-state index >= 15 is 0 Å². The summed E-state index contributed by atoms with van der Waals surface area (Å²) in [5, 5.41) is 13.7. The van der Waals surface area contributed by atoms with Crippen molar-refractivity contribution in [3.63, 3.8) is 0 Å². The predicted molar refractivity (Wildman–Crippen MR) is 62.8 cm³/mol. The number of aliphatic carboxylic acids is 1. The van der Waals surface area contributed by atoms with E-state index in [4.69, 9.17) is 9.84 Å². The highest BCUT2D eigenvalue weighted by atomic mass is 32.2. The van der Waals surface area contributed by atoms with E-state index in [1.165, 1.54) is 7.11 Å². The fourth-order valence-corrected chi connectivity index (χ4v) is 1.44. The predicted octanol–water partition coefficient (Wildman–Crippen LogP) is 0.138. The fourth-order valence-electron chi connectivity index (χ4n) is 0.969. The molecule has 0 radical (unpaired) electrons. The van der Waals surface area contributed by atoms with Crippen molar-refractivity contribution < 1.29 is 19.4 Å². The van der Waals surface area contributed by atoms with Crippen LogP contribution in [-0.4, -0.2) is 55.4 Å². The Hall–Kier alpha value is -0.950. The molecule has 0 saturated carbocycles. The molecule has 0 unspecified atom stereocenters. The number of methoxy groups -OCH3 is 1. The molecule has 0 heterocycles. The molecular weight excluding hydrogens is 232 g/mol. The quantitative estimate of drug-likeness (QED) is 0.533. The molecule has 2 amide bonds. The van der Waals surface area contributed by atoms with Crippen molar-refractivity contribution in [2.24, 2.45) is 0 Å². The molecular formula is C9H18N2O4S. The summed E-state index contributed by atoms with van der Waals surface area (Å²) in [5.41, 5.74) is 0. The molecule has 0 rings (SSSR count). The van der Waals surface area contributed by atoms with Crippen LogP contribution in [0.2, 0.25) is 0 Å². The second kappa shape index (κ2) is 9.29. The third-order valence-electron chi connectivity index (χ3n) is 1.81. The Morgan fingerprint density at radius 2 is 2.19 bits per heavy atom. The largest absolute Gasteiger partial charge is 0.480 e. The summed E-state index contributed by atoms with van der Waals surface area (Å²) >= 11 is 1.54. The van der Waals surface area contributed by atoms with Crippen molar-refractivity contribution >= 4 is 23.8 Å². The first-order valence-electron chi connectivity index (χ1n) is 4.86. The lowest BCUT2D eigenvalue weighted by molar-refractivity contribution is -0.139. The van der Waals surface area contributed by atoms with Crippen LogP contribution in [0.25, 0.3) is 0 Å². The van der Waals surface area contributed by atoms with Gasteiger partial charge in [0.25, 0.3) is 0 Å². The lowest BCUT2D eigenvalue weighted by atomic mass is 10.2. The maximum absolute atomic E-state index is 11.2. The minimum atomic E-state index is -1.02. The zero-order valence-corrected chi connectivity index (χ0v) is 10.3. The molecule has 0 saturated heterocycles. The third kappa shape index (κ3) is 7.36. The molecule has 7 heteroatoms. The van der Waals surface area contributed by atoms with Crippen LogP contribution in [0.5, 0.6) is 0 Å². The van der Waals surface area contributed by atoms with Gasteiger partial charge >= 0.3 is 12.0 Å². The molecule has 0 aromatic heterocycles. The van der Waals surface area contributed by atoms with Crippen LogP contribution in [0.1, 0.15) is 6.42 Å². The lowest BCUT2D eigenvalue weighted by Crippen LogP contribution is -2.46. The summed E-state index contributed by atoms with van der Waals surface area (Å²) in [6.45, 7) is 0.757. The summed E-state index contributed by atoms with van der Waals surface area (Å²) in [6, 6.07) is -1.32. The maximum Gasteiger partial charge on any atom is 0.326 e. The maximum atomic E-state index is 11.2. The Bertz CT molecular complexity index is 226. The molecule has 0 aliphatic carbocycles. The van der Waals surface area contributed by atoms with Crippen LogP contribution in [0.4, 0.5) is 4.79 Å². The van der Waals surface area contributed by atoms with Crippen LogP contribution in [-0.2, 0) is 9.53 Å². The minimum Gasteiger partial charge on any atom is -0.480 e. The zero-order chi connectivity index (χ0) is 12.4. The van der Waals surface area contributed by atoms with Gasteiger partial charge < -0.3 is 20.5 Å². The minimum absolute atomic E-state index is 0.358. The number of urea groups is 1. The number of rotatable bonds is 8. The Morgan fingerprint density at radius 1 is 1.50 bits per heavy atom. The van der Waals surface area contributed by atoms with E-state index in [-0.39, 0.29) is 0 Å². The van der Waals surface area contributed by atoms with E-state index in [2.05, 4.69) is 10.6 Å². The van der Waals surface area contributed by atoms with E-state index in [9.17, 15) is 9.59 Å². The lowest BCUT2D eigenvalue weighted by Gasteiger charge is -2.14. The summed E-state index contributed by atoms with van der Waals surface area (Å²) < 4.78 is 4.75. The topological polar surface area (TPSA) is 87.7 Å². The van der Waals surface area contributed by atoms with Gasteiger partial charge in [-0.25, -0.2) is 9.59 Å². The Morgan fingerprint density at radius 3 is 2.69 bits per heavy atom. The van der Waals surface area contributed by atoms with Gasteiger partial charge in [0, 0.05) is 13.7 Å². The molecule has 6 nitrogen and oxygen atoms in total. The van der Waals surface area contributed by atoms with Crippen molar-refractivity contribution in [2.75, 3.05) is 32.3 Å². The molecule has 94 valence electrons. The highest BCUT2D eigenvalue weighted by Crippen LogP contribution is 2.00. The molecule has 0 spiro atoms. The molecule has 0 bridgehead atoms. The normalized spacial score (nSPS) is 11.9. The Balaban J connectivity index is 3.88. The first-order valence-corrected chi connectivity index (χ1v) is 6.26. The first-order chi connectivity index (χ1) is 7.61. The number of amides is 2. The monoisotopic (exact) mass is 250 g/mol. The summed E-state index contributed by atoms with van der Waals surface area (Å²) in [4.78, 5) is 22.0. The molecule has 0 aliphatic heterocycles. The van der Waals surface area contributed by atoms with E-state index in [0.29, 0.717) is 25.3 Å². The molecule has 16 heavy (non-hydrogen) atoms. The van der Waals surface area contributed by atoms with Gasteiger partial charge in [0.1, 0.15) is 6.04 Å². The van der Waals surface area contributed by atoms with Crippen molar-refractivity contribution in [3.05, 3.63) is 0 Å². The molecule has 0 fully saturated rings. The highest BCUT2D eigenvalue weighted by molar-refractivity contribution is 7.98. The highest BCUT2D eigenvalue weighted by Gasteiger charge is 2.18. The van der Waals surface area contributed by atoms with Crippen LogP contribution in [0.15, 0.2) is 0 Å². The molecule has 0 aromatic rings. The molecule has 1 atom stereocenters. The zero-order valence-electron chi connectivity index (χ0n) is 9.49. The van der Waals surface area contributed by atoms with Gasteiger partial charge in [-0.2, -0.15) is 11.8 Å². The smallest absolute Gasteiger partial charge is 0.326 e. The number of carbonyl (C=O) groups is 2. The number of thioether (sulfide) groups is 1. The van der Waals surface area contributed by atoms with Crippen molar-refractivity contribution in [1.82, 2.24) is 10.6 Å². The van der Waals surface area contributed by atoms with E-state index in [1.807, 2.05) is 6.26 Å². The Kier molecular flexibility index (Phi) is 8.74. The second-order valence-corrected chi connectivity index (χ2v) is 4.05. The SMILES string of the molecule is COCCNC(=O)N[C@H](CCSC)C(=O)O. The third-order valence-corrected chi connectivity index (χ3v) is 2.45. The fraction of sp³-hybridized carbons (Fsp3) is 0.778. The van der Waals surface area contributed by atoms with Crippen molar-refractivity contribution in [3.8, 4) is 0 Å². The van der Waals surface area contributed by atoms with Crippen LogP contribution < -0.4 is 10.6 Å². The van der Waals surface area contributed by atoms with E-state index < -0.39 is 18.0 Å². The van der Waals surface area contributed by atoms with Crippen LogP contribution in [0, 0.1) is 0 Å². The summed E-state index contributed by atoms with van der Waals surface area (Å²) in [5.74, 6) is -0.328. The number of ether oxygens (including phenoxy) is 1. The molecule has 0 aliphatic rings. The molecule has 3 N–H and O–H groups in total. The van der Waals surface area contributed by atoms with E-state index in [1.54, 1.807) is 11.8 Å². The van der Waals surface area contributed by atoms with Gasteiger partial charge in [-0.05, 0) is 18.4 Å². The van der Waals surface area contributed by atoms with Gasteiger partial charge in [-0.15, -0.1) is 0 Å². The summed E-state index contributed by atoms with van der Waals surface area (Å²) in [7, 11) is 1.53. The van der Waals surface area contributed by atoms with Crippen molar-refractivity contribution in [2.45, 2.75) is 12.5 Å². The van der Waals surface area contributed by atoms with Gasteiger partial charge in [-0.3, -0.25) is 0 Å². The van der Waals surface area contributed by atoms with Crippen LogP contribution in [0.3, 0.4) is 0 Å². The summed E-state index contributed by atoms with van der Waals surface area (Å²) in [6.07, 6.45) is 2.30. The average molecular weight is 250 g/mol. The van der Waals surface area contributed by atoms with Gasteiger partial charge in [0.15, 0.2) is 0 Å².